The van der Waals surface area contributed by atoms with Crippen molar-refractivity contribution in [3.8, 4) is 0 Å². The van der Waals surface area contributed by atoms with E-state index in [9.17, 15) is 4.39 Å². The van der Waals surface area contributed by atoms with E-state index in [-0.39, 0.29) is 12.0 Å². The van der Waals surface area contributed by atoms with Crippen LogP contribution in [0.1, 0.15) is 12.8 Å². The van der Waals surface area contributed by atoms with E-state index in [4.69, 9.17) is 0 Å². The smallest absolute Gasteiger partial charge is 0.169 e. The van der Waals surface area contributed by atoms with Crippen LogP contribution in [-0.2, 0) is 0 Å². The third-order valence-corrected chi connectivity index (χ3v) is 2.74. The molecule has 0 saturated carbocycles. The topological polar surface area (TPSA) is 40.0 Å². The van der Waals surface area contributed by atoms with Crippen molar-refractivity contribution in [3.05, 3.63) is 22.4 Å². The van der Waals surface area contributed by atoms with Gasteiger partial charge in [-0.2, -0.15) is 5.01 Å². The Balaban J connectivity index is 2.28. The summed E-state index contributed by atoms with van der Waals surface area (Å²) in [5, 5.41) is 9.32. The average molecular weight is 214 g/mol. The normalized spacial score (nSPS) is 27.9. The highest BCUT2D eigenvalue weighted by molar-refractivity contribution is 7.84. The molecule has 0 radical (unpaired) electrons. The van der Waals surface area contributed by atoms with Crippen molar-refractivity contribution in [2.75, 3.05) is 7.05 Å². The molecule has 0 aromatic heterocycles. The molecule has 14 heavy (non-hydrogen) atoms. The molecule has 0 amide bonds. The molecule has 4 nitrogen and oxygen atoms in total. The van der Waals surface area contributed by atoms with Gasteiger partial charge in [-0.3, -0.25) is 0 Å². The average Bonchev–Trinajstić information content (AvgIpc) is 2.56. The van der Waals surface area contributed by atoms with Crippen LogP contribution in [0.4, 0.5) is 4.39 Å². The van der Waals surface area contributed by atoms with Gasteiger partial charge in [0.25, 0.3) is 0 Å². The Morgan fingerprint density at radius 3 is 3.07 bits per heavy atom. The minimum Gasteiger partial charge on any atom is -0.220 e. The minimum atomic E-state index is -0.256. The van der Waals surface area contributed by atoms with E-state index in [0.29, 0.717) is 12.8 Å². The molecule has 1 N–H and O–H groups in total. The Bertz CT molecular complexity index is 336. The van der Waals surface area contributed by atoms with E-state index in [1.165, 1.54) is 6.08 Å². The van der Waals surface area contributed by atoms with Crippen LogP contribution in [0.3, 0.4) is 0 Å². The van der Waals surface area contributed by atoms with Crippen molar-refractivity contribution < 1.29 is 4.39 Å². The van der Waals surface area contributed by atoms with E-state index in [1.54, 1.807) is 12.1 Å². The highest BCUT2D eigenvalue weighted by atomic mass is 32.1. The number of rotatable bonds is 1. The van der Waals surface area contributed by atoms with Gasteiger partial charge in [0.15, 0.2) is 6.17 Å². The highest BCUT2D eigenvalue weighted by Gasteiger charge is 2.26. The summed E-state index contributed by atoms with van der Waals surface area (Å²) in [6, 6.07) is 0. The number of hydrogen-bond acceptors (Lipinski definition) is 5. The molecule has 0 spiro atoms. The SMILES string of the molecule is CN1NN=NC1C1=C(S)CCC(F)=C1. The number of nitrogens with one attached hydrogen (secondary N) is 1. The first-order chi connectivity index (χ1) is 6.68. The lowest BCUT2D eigenvalue weighted by Gasteiger charge is -2.20. The number of allylic oxidation sites excluding steroid dienone is 2. The van der Waals surface area contributed by atoms with Gasteiger partial charge in [0.1, 0.15) is 5.83 Å². The fourth-order valence-corrected chi connectivity index (χ4v) is 1.78. The Morgan fingerprint density at radius 2 is 2.43 bits per heavy atom. The van der Waals surface area contributed by atoms with Gasteiger partial charge in [0.05, 0.1) is 0 Å². The quantitative estimate of drug-likeness (QED) is 0.655. The molecule has 2 aliphatic rings. The maximum absolute atomic E-state index is 13.1. The molecule has 2 rings (SSSR count). The van der Waals surface area contributed by atoms with Gasteiger partial charge in [-0.05, 0) is 17.4 Å². The van der Waals surface area contributed by atoms with Crippen molar-refractivity contribution in [3.63, 3.8) is 0 Å². The molecule has 0 aromatic rings. The second kappa shape index (κ2) is 3.70. The van der Waals surface area contributed by atoms with Crippen LogP contribution in [0, 0.1) is 0 Å². The number of likely N-dealkylation sites (N-methyl/N-ethyl adjacent to an activating group) is 1. The molecule has 0 bridgehead atoms. The van der Waals surface area contributed by atoms with Gasteiger partial charge >= 0.3 is 0 Å². The lowest BCUT2D eigenvalue weighted by molar-refractivity contribution is 0.245. The zero-order valence-electron chi connectivity index (χ0n) is 7.74. The van der Waals surface area contributed by atoms with Gasteiger partial charge in [0.2, 0.25) is 0 Å². The van der Waals surface area contributed by atoms with Crippen LogP contribution in [0.25, 0.3) is 0 Å². The lowest BCUT2D eigenvalue weighted by Crippen LogP contribution is -2.34. The maximum Gasteiger partial charge on any atom is 0.169 e. The summed E-state index contributed by atoms with van der Waals surface area (Å²) >= 11 is 4.32. The van der Waals surface area contributed by atoms with E-state index in [0.717, 1.165) is 10.5 Å². The van der Waals surface area contributed by atoms with Crippen LogP contribution in [-0.4, -0.2) is 18.2 Å². The standard InChI is InChI=1S/C8H11FN4S/c1-13-8(10-11-12-13)6-4-5(9)2-3-7(6)14/h4,8,14H,2-3H2,1H3,(H,10,12). The number of hydrazine groups is 1. The monoisotopic (exact) mass is 214 g/mol. The Labute approximate surface area is 86.9 Å². The molecular weight excluding hydrogens is 203 g/mol. The molecule has 0 fully saturated rings. The molecular formula is C8H11FN4S. The molecule has 1 atom stereocenters. The maximum atomic E-state index is 13.1. The largest absolute Gasteiger partial charge is 0.220 e. The first kappa shape index (κ1) is 9.67. The number of hydrogen-bond donors (Lipinski definition) is 2. The number of nitrogens with zero attached hydrogens (tertiary/aromatic N) is 3. The minimum absolute atomic E-state index is 0.117. The predicted octanol–water partition coefficient (Wildman–Crippen LogP) is 1.96. The van der Waals surface area contributed by atoms with Crippen molar-refractivity contribution >= 4 is 12.6 Å². The summed E-state index contributed by atoms with van der Waals surface area (Å²) in [6.45, 7) is 0. The number of halogens is 1. The van der Waals surface area contributed by atoms with Crippen LogP contribution in [0.2, 0.25) is 0 Å². The first-order valence-electron chi connectivity index (χ1n) is 4.35. The summed E-state index contributed by atoms with van der Waals surface area (Å²) in [4.78, 5) is 0.880. The molecule has 1 aliphatic carbocycles. The summed E-state index contributed by atoms with van der Waals surface area (Å²) in [7, 11) is 1.80. The van der Waals surface area contributed by atoms with Gasteiger partial charge < -0.3 is 0 Å². The number of thiol groups is 1. The first-order valence-corrected chi connectivity index (χ1v) is 4.79. The van der Waals surface area contributed by atoms with Crippen molar-refractivity contribution in [1.82, 2.24) is 10.5 Å². The Morgan fingerprint density at radius 1 is 1.64 bits per heavy atom. The van der Waals surface area contributed by atoms with Gasteiger partial charge in [-0.1, -0.05) is 5.22 Å². The van der Waals surface area contributed by atoms with Crippen molar-refractivity contribution in [1.29, 1.82) is 0 Å². The molecule has 6 heteroatoms. The van der Waals surface area contributed by atoms with Gasteiger partial charge in [-0.25, -0.2) is 9.93 Å². The summed E-state index contributed by atoms with van der Waals surface area (Å²) in [5.41, 5.74) is 3.46. The van der Waals surface area contributed by atoms with Gasteiger partial charge in [-0.15, -0.1) is 17.7 Å². The van der Waals surface area contributed by atoms with Crippen LogP contribution in [0.5, 0.6) is 0 Å². The molecule has 1 heterocycles. The second-order valence-electron chi connectivity index (χ2n) is 3.29. The van der Waals surface area contributed by atoms with Crippen LogP contribution in [0.15, 0.2) is 32.7 Å². The third-order valence-electron chi connectivity index (χ3n) is 2.26. The molecule has 0 aromatic carbocycles. The lowest BCUT2D eigenvalue weighted by atomic mass is 10.0. The van der Waals surface area contributed by atoms with Crippen molar-refractivity contribution in [2.45, 2.75) is 19.0 Å². The van der Waals surface area contributed by atoms with Crippen LogP contribution < -0.4 is 5.53 Å². The highest BCUT2D eigenvalue weighted by Crippen LogP contribution is 2.31. The van der Waals surface area contributed by atoms with E-state index >= 15 is 0 Å². The fourth-order valence-electron chi connectivity index (χ4n) is 1.48. The molecule has 1 unspecified atom stereocenters. The molecule has 1 aliphatic heterocycles. The Kier molecular flexibility index (Phi) is 2.56. The summed E-state index contributed by atoms with van der Waals surface area (Å²) < 4.78 is 13.1. The zero-order chi connectivity index (χ0) is 10.1. The molecule has 0 saturated heterocycles. The third kappa shape index (κ3) is 1.67. The zero-order valence-corrected chi connectivity index (χ0v) is 8.63. The predicted molar refractivity (Wildman–Crippen MR) is 54.0 cm³/mol. The van der Waals surface area contributed by atoms with E-state index < -0.39 is 0 Å². The van der Waals surface area contributed by atoms with Crippen LogP contribution >= 0.6 is 12.6 Å². The summed E-state index contributed by atoms with van der Waals surface area (Å²) in [5.74, 6) is -0.117. The Hall–Kier alpha value is -0.880. The van der Waals surface area contributed by atoms with E-state index in [1.807, 2.05) is 0 Å². The molecule has 76 valence electrons. The fraction of sp³-hybridized carbons (Fsp3) is 0.500. The van der Waals surface area contributed by atoms with E-state index in [2.05, 4.69) is 28.5 Å². The van der Waals surface area contributed by atoms with Gasteiger partial charge in [0, 0.05) is 19.0 Å². The van der Waals surface area contributed by atoms with Crippen molar-refractivity contribution in [2.24, 2.45) is 10.3 Å². The second-order valence-corrected chi connectivity index (χ2v) is 3.83. The summed E-state index contributed by atoms with van der Waals surface area (Å²) in [6.07, 6.45) is 2.32.